The summed E-state index contributed by atoms with van der Waals surface area (Å²) in [5.74, 6) is -0.393. The smallest absolute Gasteiger partial charge is 0.390 e. The minimum atomic E-state index is -0.641. The molecule has 1 heterocycles. The van der Waals surface area contributed by atoms with Crippen LogP contribution in [-0.2, 0) is 6.54 Å². The van der Waals surface area contributed by atoms with Crippen molar-refractivity contribution in [3.05, 3.63) is 16.4 Å². The van der Waals surface area contributed by atoms with Crippen LogP contribution in [0.5, 0.6) is 0 Å². The molecule has 0 saturated carbocycles. The maximum atomic E-state index is 10.1. The molecule has 0 radical (unpaired) electrons. The minimum absolute atomic E-state index is 0.0914. The molecule has 0 amide bonds. The predicted octanol–water partition coefficient (Wildman–Crippen LogP) is -0.467. The van der Waals surface area contributed by atoms with Gasteiger partial charge in [0.05, 0.1) is 6.54 Å². The van der Waals surface area contributed by atoms with E-state index in [4.69, 9.17) is 5.73 Å². The Morgan fingerprint density at radius 3 is 3.00 bits per heavy atom. The molecule has 12 heavy (non-hydrogen) atoms. The molecule has 1 rings (SSSR count). The lowest BCUT2D eigenvalue weighted by atomic mass is 10.4. The highest BCUT2D eigenvalue weighted by Crippen LogP contribution is 1.99. The Bertz CT molecular complexity index is 281. The molecule has 1 atom stereocenters. The van der Waals surface area contributed by atoms with Gasteiger partial charge in [-0.2, -0.15) is 4.68 Å². The summed E-state index contributed by atoms with van der Waals surface area (Å²) >= 11 is 0. The first-order valence-electron chi connectivity index (χ1n) is 3.39. The Morgan fingerprint density at radius 1 is 1.92 bits per heavy atom. The van der Waals surface area contributed by atoms with Crippen molar-refractivity contribution in [1.82, 2.24) is 14.8 Å². The Morgan fingerprint density at radius 2 is 2.58 bits per heavy atom. The Labute approximate surface area is 68.3 Å². The van der Waals surface area contributed by atoms with Crippen LogP contribution in [0.15, 0.2) is 6.33 Å². The molecule has 0 spiro atoms. The lowest BCUT2D eigenvalue weighted by Crippen LogP contribution is -2.22. The van der Waals surface area contributed by atoms with Gasteiger partial charge in [-0.1, -0.05) is 4.98 Å². The van der Waals surface area contributed by atoms with Gasteiger partial charge in [-0.05, 0) is 11.8 Å². The molecule has 1 aromatic heterocycles. The van der Waals surface area contributed by atoms with Crippen molar-refractivity contribution in [3.63, 3.8) is 0 Å². The maximum absolute atomic E-state index is 10.1. The van der Waals surface area contributed by atoms with E-state index in [9.17, 15) is 10.1 Å². The summed E-state index contributed by atoms with van der Waals surface area (Å²) in [6.07, 6.45) is 1.29. The number of nitro groups is 1. The van der Waals surface area contributed by atoms with Gasteiger partial charge in [-0.3, -0.25) is 0 Å². The normalized spacial score (nSPS) is 12.8. The number of hydrogen-bond donors (Lipinski definition) is 1. The molecule has 0 aliphatic carbocycles. The fourth-order valence-electron chi connectivity index (χ4n) is 0.751. The van der Waals surface area contributed by atoms with Crippen LogP contribution in [0, 0.1) is 10.1 Å². The summed E-state index contributed by atoms with van der Waals surface area (Å²) in [7, 11) is 0. The zero-order valence-electron chi connectivity index (χ0n) is 6.54. The van der Waals surface area contributed by atoms with Gasteiger partial charge in [0.2, 0.25) is 6.33 Å². The zero-order chi connectivity index (χ0) is 9.14. The molecule has 66 valence electrons. The molecule has 1 unspecified atom stereocenters. The largest absolute Gasteiger partial charge is 0.490 e. The van der Waals surface area contributed by atoms with Crippen LogP contribution in [0.2, 0.25) is 0 Å². The van der Waals surface area contributed by atoms with Gasteiger partial charge in [0.1, 0.15) is 0 Å². The lowest BCUT2D eigenvalue weighted by Gasteiger charge is -1.98. The van der Waals surface area contributed by atoms with Gasteiger partial charge < -0.3 is 15.8 Å². The fraction of sp³-hybridized carbons (Fsp3) is 0.600. The third-order valence-corrected chi connectivity index (χ3v) is 1.16. The van der Waals surface area contributed by atoms with E-state index < -0.39 is 10.9 Å². The van der Waals surface area contributed by atoms with Crippen molar-refractivity contribution in [2.75, 3.05) is 0 Å². The second-order valence-electron chi connectivity index (χ2n) is 2.50. The predicted molar refractivity (Wildman–Crippen MR) is 40.3 cm³/mol. The highest BCUT2D eigenvalue weighted by atomic mass is 16.6. The first-order valence-corrected chi connectivity index (χ1v) is 3.39. The topological polar surface area (TPSA) is 99.9 Å². The van der Waals surface area contributed by atoms with E-state index >= 15 is 0 Å². The lowest BCUT2D eigenvalue weighted by molar-refractivity contribution is -0.394. The van der Waals surface area contributed by atoms with Crippen LogP contribution >= 0.6 is 0 Å². The summed E-state index contributed by atoms with van der Waals surface area (Å²) in [6.45, 7) is 2.22. The van der Waals surface area contributed by atoms with Crippen LogP contribution in [0.25, 0.3) is 0 Å². The van der Waals surface area contributed by atoms with Crippen molar-refractivity contribution < 1.29 is 4.92 Å². The number of nitrogens with zero attached hydrogens (tertiary/aromatic N) is 4. The van der Waals surface area contributed by atoms with Crippen molar-refractivity contribution >= 4 is 5.95 Å². The van der Waals surface area contributed by atoms with Crippen LogP contribution in [-0.4, -0.2) is 25.7 Å². The summed E-state index contributed by atoms with van der Waals surface area (Å²) in [5, 5.41) is 13.7. The molecule has 0 aliphatic heterocycles. The monoisotopic (exact) mass is 171 g/mol. The molecule has 1 aromatic rings. The molecule has 7 heteroatoms. The number of rotatable bonds is 3. The molecule has 0 saturated heterocycles. The molecule has 0 bridgehead atoms. The maximum Gasteiger partial charge on any atom is 0.490 e. The van der Waals surface area contributed by atoms with Crippen molar-refractivity contribution in [1.29, 1.82) is 0 Å². The summed E-state index contributed by atoms with van der Waals surface area (Å²) in [6, 6.07) is -0.0914. The van der Waals surface area contributed by atoms with Gasteiger partial charge in [-0.25, -0.2) is 0 Å². The third kappa shape index (κ3) is 1.99. The molecule has 7 nitrogen and oxygen atoms in total. The Hall–Kier alpha value is -1.50. The molecule has 0 aliphatic rings. The van der Waals surface area contributed by atoms with E-state index in [2.05, 4.69) is 10.1 Å². The van der Waals surface area contributed by atoms with Gasteiger partial charge in [-0.15, -0.1) is 0 Å². The fourth-order valence-corrected chi connectivity index (χ4v) is 0.751. The first-order chi connectivity index (χ1) is 5.59. The second-order valence-corrected chi connectivity index (χ2v) is 2.50. The van der Waals surface area contributed by atoms with Crippen LogP contribution in [0.1, 0.15) is 6.92 Å². The standard InChI is InChI=1S/C5H9N5O2/c1-4(6)2-9-3-7-5(8-9)10(11)12/h3-4H,2,6H2,1H3. The van der Waals surface area contributed by atoms with Crippen LogP contribution in [0.3, 0.4) is 0 Å². The zero-order valence-corrected chi connectivity index (χ0v) is 6.54. The molecule has 2 N–H and O–H groups in total. The van der Waals surface area contributed by atoms with Crippen LogP contribution in [0.4, 0.5) is 5.95 Å². The van der Waals surface area contributed by atoms with Crippen molar-refractivity contribution in [3.8, 4) is 0 Å². The van der Waals surface area contributed by atoms with E-state index in [0.29, 0.717) is 6.54 Å². The average Bonchev–Trinajstić information content (AvgIpc) is 2.34. The van der Waals surface area contributed by atoms with E-state index in [1.165, 1.54) is 11.0 Å². The van der Waals surface area contributed by atoms with E-state index in [-0.39, 0.29) is 6.04 Å². The van der Waals surface area contributed by atoms with Gasteiger partial charge in [0.15, 0.2) is 0 Å². The number of nitrogens with two attached hydrogens (primary N) is 1. The molecular formula is C5H9N5O2. The van der Waals surface area contributed by atoms with Crippen molar-refractivity contribution in [2.24, 2.45) is 5.73 Å². The van der Waals surface area contributed by atoms with E-state index in [1.807, 2.05) is 0 Å². The second kappa shape index (κ2) is 3.26. The Kier molecular flexibility index (Phi) is 2.34. The van der Waals surface area contributed by atoms with E-state index in [0.717, 1.165) is 0 Å². The summed E-state index contributed by atoms with van der Waals surface area (Å²) in [4.78, 5) is 13.0. The molecule has 0 aromatic carbocycles. The third-order valence-electron chi connectivity index (χ3n) is 1.16. The first kappa shape index (κ1) is 8.60. The van der Waals surface area contributed by atoms with Crippen molar-refractivity contribution in [2.45, 2.75) is 19.5 Å². The van der Waals surface area contributed by atoms with E-state index in [1.54, 1.807) is 6.92 Å². The van der Waals surface area contributed by atoms with Gasteiger partial charge >= 0.3 is 5.95 Å². The summed E-state index contributed by atoms with van der Waals surface area (Å²) < 4.78 is 1.35. The summed E-state index contributed by atoms with van der Waals surface area (Å²) in [5.41, 5.74) is 5.45. The van der Waals surface area contributed by atoms with Gasteiger partial charge in [0.25, 0.3) is 0 Å². The number of hydrogen-bond acceptors (Lipinski definition) is 5. The highest BCUT2D eigenvalue weighted by Gasteiger charge is 2.13. The highest BCUT2D eigenvalue weighted by molar-refractivity contribution is 4.96. The van der Waals surface area contributed by atoms with Gasteiger partial charge in [0, 0.05) is 11.1 Å². The SMILES string of the molecule is CC(N)Cn1cnc([N+](=O)[O-])n1. The average molecular weight is 171 g/mol. The molecular weight excluding hydrogens is 162 g/mol. The number of aromatic nitrogens is 3. The quantitative estimate of drug-likeness (QED) is 0.489. The molecule has 0 fully saturated rings. The minimum Gasteiger partial charge on any atom is -0.390 e. The van der Waals surface area contributed by atoms with Crippen LogP contribution < -0.4 is 5.73 Å². The Balaban J connectivity index is 2.71.